The number of hydrogen-bond donors (Lipinski definition) is 1. The third-order valence-corrected chi connectivity index (χ3v) is 3.83. The van der Waals surface area contributed by atoms with Crippen LogP contribution in [0.4, 0.5) is 0 Å². The van der Waals surface area contributed by atoms with E-state index in [2.05, 4.69) is 5.16 Å². The number of carbonyl (C=O) groups is 2. The van der Waals surface area contributed by atoms with Crippen LogP contribution in [0.25, 0.3) is 11.3 Å². The van der Waals surface area contributed by atoms with Crippen molar-refractivity contribution in [2.24, 2.45) is 5.92 Å². The zero-order valence-corrected chi connectivity index (χ0v) is 12.6. The van der Waals surface area contributed by atoms with E-state index in [4.69, 9.17) is 14.4 Å². The van der Waals surface area contributed by atoms with Gasteiger partial charge in [-0.3, -0.25) is 9.59 Å². The Kier molecular flexibility index (Phi) is 4.01. The van der Waals surface area contributed by atoms with E-state index in [0.717, 1.165) is 5.56 Å². The molecule has 1 aromatic heterocycles. The highest BCUT2D eigenvalue weighted by atomic mass is 16.5. The fourth-order valence-corrected chi connectivity index (χ4v) is 2.58. The Balaban J connectivity index is 1.72. The van der Waals surface area contributed by atoms with Gasteiger partial charge in [0.15, 0.2) is 5.76 Å². The van der Waals surface area contributed by atoms with Gasteiger partial charge in [-0.15, -0.1) is 0 Å². The molecule has 7 nitrogen and oxygen atoms in total. The number of likely N-dealkylation sites (tertiary alicyclic amines) is 1. The number of carbonyl (C=O) groups excluding carboxylic acids is 1. The quantitative estimate of drug-likeness (QED) is 0.904. The van der Waals surface area contributed by atoms with E-state index >= 15 is 0 Å². The van der Waals surface area contributed by atoms with Crippen molar-refractivity contribution < 1.29 is 24.0 Å². The van der Waals surface area contributed by atoms with Crippen molar-refractivity contribution >= 4 is 11.9 Å². The molecule has 1 fully saturated rings. The predicted molar refractivity (Wildman–Crippen MR) is 79.7 cm³/mol. The average molecular weight is 316 g/mol. The number of ether oxygens (including phenoxy) is 1. The number of methoxy groups -OCH3 is 1. The predicted octanol–water partition coefficient (Wildman–Crippen LogP) is 1.78. The lowest BCUT2D eigenvalue weighted by Gasteiger charge is -2.13. The van der Waals surface area contributed by atoms with E-state index in [0.29, 0.717) is 17.2 Å². The van der Waals surface area contributed by atoms with Crippen molar-refractivity contribution in [3.63, 3.8) is 0 Å². The molecule has 23 heavy (non-hydrogen) atoms. The van der Waals surface area contributed by atoms with Gasteiger partial charge in [-0.2, -0.15) is 0 Å². The lowest BCUT2D eigenvalue weighted by molar-refractivity contribution is -0.141. The van der Waals surface area contributed by atoms with Gasteiger partial charge in [0, 0.05) is 24.6 Å². The Morgan fingerprint density at radius 1 is 1.48 bits per heavy atom. The largest absolute Gasteiger partial charge is 0.497 e. The molecule has 1 aromatic carbocycles. The molecule has 0 bridgehead atoms. The summed E-state index contributed by atoms with van der Waals surface area (Å²) in [6, 6.07) is 9.11. The third kappa shape index (κ3) is 3.18. The summed E-state index contributed by atoms with van der Waals surface area (Å²) in [6.45, 7) is 0.450. The summed E-state index contributed by atoms with van der Waals surface area (Å²) in [6.07, 6.45) is 0.0376. The monoisotopic (exact) mass is 316 g/mol. The summed E-state index contributed by atoms with van der Waals surface area (Å²) in [4.78, 5) is 24.3. The highest BCUT2D eigenvalue weighted by Gasteiger charge is 2.34. The summed E-state index contributed by atoms with van der Waals surface area (Å²) < 4.78 is 10.5. The molecular weight excluding hydrogens is 300 g/mol. The fourth-order valence-electron chi connectivity index (χ4n) is 2.58. The van der Waals surface area contributed by atoms with E-state index in [9.17, 15) is 9.59 Å². The summed E-state index contributed by atoms with van der Waals surface area (Å²) in [7, 11) is 1.59. The van der Waals surface area contributed by atoms with Crippen LogP contribution in [0.3, 0.4) is 0 Å². The number of amides is 1. The van der Waals surface area contributed by atoms with Crippen LogP contribution < -0.4 is 4.74 Å². The zero-order valence-electron chi connectivity index (χ0n) is 12.6. The molecule has 1 unspecified atom stereocenters. The van der Waals surface area contributed by atoms with Crippen LogP contribution in [0.5, 0.6) is 5.75 Å². The van der Waals surface area contributed by atoms with Crippen molar-refractivity contribution in [3.05, 3.63) is 36.0 Å². The number of rotatable bonds is 5. The first kappa shape index (κ1) is 15.1. The maximum atomic E-state index is 11.8. The number of hydrogen-bond acceptors (Lipinski definition) is 5. The molecule has 1 aliphatic rings. The van der Waals surface area contributed by atoms with E-state index in [-0.39, 0.29) is 25.4 Å². The molecule has 1 atom stereocenters. The molecule has 0 radical (unpaired) electrons. The number of carboxylic acids is 1. The van der Waals surface area contributed by atoms with Gasteiger partial charge >= 0.3 is 5.97 Å². The Morgan fingerprint density at radius 2 is 2.30 bits per heavy atom. The smallest absolute Gasteiger partial charge is 0.308 e. The van der Waals surface area contributed by atoms with Crippen molar-refractivity contribution in [2.45, 2.75) is 13.0 Å². The third-order valence-electron chi connectivity index (χ3n) is 3.83. The number of benzene rings is 1. The van der Waals surface area contributed by atoms with Crippen molar-refractivity contribution in [3.8, 4) is 17.1 Å². The Labute approximate surface area is 132 Å². The molecule has 0 aliphatic carbocycles. The lowest BCUT2D eigenvalue weighted by Crippen LogP contribution is -2.25. The van der Waals surface area contributed by atoms with Crippen LogP contribution >= 0.6 is 0 Å². The molecule has 1 N–H and O–H groups in total. The van der Waals surface area contributed by atoms with Gasteiger partial charge in [0.25, 0.3) is 0 Å². The van der Waals surface area contributed by atoms with Gasteiger partial charge in [-0.05, 0) is 12.1 Å². The molecule has 0 spiro atoms. The van der Waals surface area contributed by atoms with Crippen LogP contribution in [0.15, 0.2) is 34.9 Å². The first-order valence-corrected chi connectivity index (χ1v) is 7.17. The lowest BCUT2D eigenvalue weighted by atomic mass is 10.1. The van der Waals surface area contributed by atoms with Crippen LogP contribution in [-0.2, 0) is 16.1 Å². The van der Waals surface area contributed by atoms with Gasteiger partial charge in [0.05, 0.1) is 19.6 Å². The molecule has 3 rings (SSSR count). The van der Waals surface area contributed by atoms with Crippen molar-refractivity contribution in [1.29, 1.82) is 0 Å². The summed E-state index contributed by atoms with van der Waals surface area (Å²) in [5, 5.41) is 13.0. The number of carboxylic acid groups (broad SMARTS) is 1. The minimum absolute atomic E-state index is 0.0376. The normalized spacial score (nSPS) is 17.5. The Bertz CT molecular complexity index is 740. The minimum Gasteiger partial charge on any atom is -0.497 e. The van der Waals surface area contributed by atoms with E-state index in [1.54, 1.807) is 13.2 Å². The number of aliphatic carboxylic acids is 1. The summed E-state index contributed by atoms with van der Waals surface area (Å²) in [5.41, 5.74) is 1.40. The summed E-state index contributed by atoms with van der Waals surface area (Å²) in [5.74, 6) is -0.492. The molecule has 1 aliphatic heterocycles. The number of aromatic nitrogens is 1. The maximum Gasteiger partial charge on any atom is 0.308 e. The maximum absolute atomic E-state index is 11.8. The van der Waals surface area contributed by atoms with E-state index < -0.39 is 11.9 Å². The standard InChI is InChI=1S/C16H16N2O5/c1-22-13-4-2-3-10(5-13)14-7-12(17-23-14)9-18-8-11(16(20)21)6-15(18)19/h2-5,7,11H,6,8-9H2,1H3,(H,20,21). The average Bonchev–Trinajstić information content (AvgIpc) is 3.15. The van der Waals surface area contributed by atoms with Crippen molar-refractivity contribution in [2.75, 3.05) is 13.7 Å². The van der Waals surface area contributed by atoms with Gasteiger partial charge in [0.2, 0.25) is 5.91 Å². The fraction of sp³-hybridized carbons (Fsp3) is 0.312. The second kappa shape index (κ2) is 6.12. The van der Waals surface area contributed by atoms with Gasteiger partial charge in [-0.25, -0.2) is 0 Å². The molecule has 0 saturated carbocycles. The minimum atomic E-state index is -0.946. The molecule has 2 aromatic rings. The highest BCUT2D eigenvalue weighted by molar-refractivity contribution is 5.86. The summed E-state index contributed by atoms with van der Waals surface area (Å²) >= 11 is 0. The first-order chi connectivity index (χ1) is 11.1. The van der Waals surface area contributed by atoms with Gasteiger partial charge < -0.3 is 19.3 Å². The van der Waals surface area contributed by atoms with Crippen molar-refractivity contribution in [1.82, 2.24) is 10.1 Å². The molecule has 7 heteroatoms. The molecular formula is C16H16N2O5. The second-order valence-electron chi connectivity index (χ2n) is 5.43. The Hall–Kier alpha value is -2.83. The Morgan fingerprint density at radius 3 is 3.00 bits per heavy atom. The molecule has 1 saturated heterocycles. The molecule has 1 amide bonds. The molecule has 120 valence electrons. The zero-order chi connectivity index (χ0) is 16.4. The molecule has 2 heterocycles. The van der Waals surface area contributed by atoms with E-state index in [1.807, 2.05) is 24.3 Å². The van der Waals surface area contributed by atoms with Crippen LogP contribution in [-0.4, -0.2) is 40.7 Å². The second-order valence-corrected chi connectivity index (χ2v) is 5.43. The SMILES string of the molecule is COc1cccc(-c2cc(CN3CC(C(=O)O)CC3=O)no2)c1. The van der Waals surface area contributed by atoms with Gasteiger partial charge in [-0.1, -0.05) is 17.3 Å². The number of nitrogens with zero attached hydrogens (tertiary/aromatic N) is 2. The van der Waals surface area contributed by atoms with Crippen LogP contribution in [0, 0.1) is 5.92 Å². The van der Waals surface area contributed by atoms with E-state index in [1.165, 1.54) is 4.90 Å². The van der Waals surface area contributed by atoms with Gasteiger partial charge in [0.1, 0.15) is 11.4 Å². The van der Waals surface area contributed by atoms with Crippen LogP contribution in [0.2, 0.25) is 0 Å². The first-order valence-electron chi connectivity index (χ1n) is 7.17. The topological polar surface area (TPSA) is 92.9 Å². The highest BCUT2D eigenvalue weighted by Crippen LogP contribution is 2.26. The van der Waals surface area contributed by atoms with Crippen LogP contribution in [0.1, 0.15) is 12.1 Å².